The molecule has 1 aromatic rings. The van der Waals surface area contributed by atoms with E-state index in [-0.39, 0.29) is 0 Å². The Bertz CT molecular complexity index is 323. The van der Waals surface area contributed by atoms with Crippen LogP contribution in [0, 0.1) is 6.92 Å². The number of halogens is 1. The molecule has 0 radical (unpaired) electrons. The summed E-state index contributed by atoms with van der Waals surface area (Å²) >= 11 is 0. The Hall–Kier alpha value is -1.19. The van der Waals surface area contributed by atoms with Gasteiger partial charge in [-0.25, -0.2) is 14.4 Å². The first-order chi connectivity index (χ1) is 6.68. The monoisotopic (exact) mass is 195 g/mol. The Labute approximate surface area is 82.8 Å². The topological polar surface area (TPSA) is 37.8 Å². The molecule has 1 aliphatic rings. The minimum atomic E-state index is -1.00. The molecule has 0 aromatic carbocycles. The van der Waals surface area contributed by atoms with Gasteiger partial charge in [0, 0.05) is 11.8 Å². The van der Waals surface area contributed by atoms with Crippen LogP contribution in [0.15, 0.2) is 12.4 Å². The summed E-state index contributed by atoms with van der Waals surface area (Å²) in [6.07, 6.45) is 3.83. The second kappa shape index (κ2) is 3.52. The quantitative estimate of drug-likeness (QED) is 0.802. The van der Waals surface area contributed by atoms with E-state index in [0.29, 0.717) is 25.2 Å². The Morgan fingerprint density at radius 1 is 1.50 bits per heavy atom. The number of hydrogen-bond acceptors (Lipinski definition) is 3. The first-order valence-electron chi connectivity index (χ1n) is 4.89. The zero-order chi connectivity index (χ0) is 10.0. The van der Waals surface area contributed by atoms with Gasteiger partial charge in [-0.15, -0.1) is 0 Å². The maximum Gasteiger partial charge on any atom is 0.129 e. The summed E-state index contributed by atoms with van der Waals surface area (Å²) in [7, 11) is 0. The van der Waals surface area contributed by atoms with Crippen molar-refractivity contribution in [2.24, 2.45) is 0 Å². The number of aryl methyl sites for hydroxylation is 1. The molecule has 1 heterocycles. The van der Waals surface area contributed by atoms with Crippen LogP contribution in [0.3, 0.4) is 0 Å². The van der Waals surface area contributed by atoms with Gasteiger partial charge in [-0.3, -0.25) is 0 Å². The number of rotatable bonds is 3. The highest BCUT2D eigenvalue weighted by Gasteiger charge is 2.36. The summed E-state index contributed by atoms with van der Waals surface area (Å²) in [6, 6.07) is 1.82. The van der Waals surface area contributed by atoms with E-state index in [1.54, 1.807) is 0 Å². The lowest BCUT2D eigenvalue weighted by Crippen LogP contribution is -2.39. The zero-order valence-corrected chi connectivity index (χ0v) is 8.26. The summed E-state index contributed by atoms with van der Waals surface area (Å²) in [6.45, 7) is 2.25. The van der Waals surface area contributed by atoms with Crippen molar-refractivity contribution in [1.82, 2.24) is 9.97 Å². The summed E-state index contributed by atoms with van der Waals surface area (Å²) in [5.74, 6) is 0.710. The number of hydrogen-bond donors (Lipinski definition) is 1. The van der Waals surface area contributed by atoms with Crippen LogP contribution in [0.5, 0.6) is 0 Å². The van der Waals surface area contributed by atoms with Crippen LogP contribution in [-0.4, -0.2) is 22.2 Å². The van der Waals surface area contributed by atoms with Crippen LogP contribution in [0.4, 0.5) is 10.2 Å². The molecule has 0 aliphatic heterocycles. The highest BCUT2D eigenvalue weighted by molar-refractivity contribution is 5.35. The standard InChI is InChI=1S/C10H14FN3/c1-8-5-9(14-7-13-8)12-6-10(11)3-2-4-10/h5,7H,2-4,6H2,1H3,(H,12,13,14). The van der Waals surface area contributed by atoms with Gasteiger partial charge in [0.05, 0.1) is 6.54 Å². The third-order valence-electron chi connectivity index (χ3n) is 2.64. The van der Waals surface area contributed by atoms with Crippen molar-refractivity contribution in [2.45, 2.75) is 31.9 Å². The molecule has 76 valence electrons. The van der Waals surface area contributed by atoms with E-state index < -0.39 is 5.67 Å². The number of anilines is 1. The molecule has 1 fully saturated rings. The van der Waals surface area contributed by atoms with Gasteiger partial charge in [0.15, 0.2) is 0 Å². The molecular weight excluding hydrogens is 181 g/mol. The molecule has 1 aromatic heterocycles. The average Bonchev–Trinajstić information content (AvgIpc) is 2.12. The summed E-state index contributed by atoms with van der Waals surface area (Å²) in [4.78, 5) is 7.99. The Balaban J connectivity index is 1.91. The van der Waals surface area contributed by atoms with Crippen molar-refractivity contribution >= 4 is 5.82 Å². The molecule has 0 saturated heterocycles. The van der Waals surface area contributed by atoms with E-state index in [9.17, 15) is 4.39 Å². The van der Waals surface area contributed by atoms with Gasteiger partial charge in [0.1, 0.15) is 17.8 Å². The van der Waals surface area contributed by atoms with Gasteiger partial charge in [0.25, 0.3) is 0 Å². The van der Waals surface area contributed by atoms with Gasteiger partial charge in [-0.05, 0) is 26.2 Å². The lowest BCUT2D eigenvalue weighted by Gasteiger charge is -2.33. The lowest BCUT2D eigenvalue weighted by atomic mass is 9.82. The number of nitrogens with zero attached hydrogens (tertiary/aromatic N) is 2. The molecule has 2 rings (SSSR count). The Kier molecular flexibility index (Phi) is 2.35. The number of nitrogens with one attached hydrogen (secondary N) is 1. The van der Waals surface area contributed by atoms with E-state index in [4.69, 9.17) is 0 Å². The van der Waals surface area contributed by atoms with Crippen molar-refractivity contribution in [3.8, 4) is 0 Å². The molecule has 1 saturated carbocycles. The largest absolute Gasteiger partial charge is 0.367 e. The molecule has 0 atom stereocenters. The predicted molar refractivity (Wildman–Crippen MR) is 52.9 cm³/mol. The molecule has 1 aliphatic carbocycles. The third-order valence-corrected chi connectivity index (χ3v) is 2.64. The van der Waals surface area contributed by atoms with Crippen LogP contribution in [0.2, 0.25) is 0 Å². The average molecular weight is 195 g/mol. The van der Waals surface area contributed by atoms with E-state index in [1.165, 1.54) is 6.33 Å². The van der Waals surface area contributed by atoms with Gasteiger partial charge in [-0.1, -0.05) is 0 Å². The first kappa shape index (κ1) is 9.37. The van der Waals surface area contributed by atoms with E-state index in [1.807, 2.05) is 13.0 Å². The smallest absolute Gasteiger partial charge is 0.129 e. The van der Waals surface area contributed by atoms with Crippen molar-refractivity contribution in [1.29, 1.82) is 0 Å². The molecule has 3 nitrogen and oxygen atoms in total. The summed E-state index contributed by atoms with van der Waals surface area (Å²) in [5.41, 5.74) is -0.109. The highest BCUT2D eigenvalue weighted by Crippen LogP contribution is 2.35. The predicted octanol–water partition coefficient (Wildman–Crippen LogP) is 2.09. The number of aromatic nitrogens is 2. The summed E-state index contributed by atoms with van der Waals surface area (Å²) < 4.78 is 13.6. The third kappa shape index (κ3) is 2.00. The Morgan fingerprint density at radius 2 is 2.29 bits per heavy atom. The van der Waals surface area contributed by atoms with Crippen LogP contribution in [0.25, 0.3) is 0 Å². The van der Waals surface area contributed by atoms with Crippen LogP contribution >= 0.6 is 0 Å². The molecular formula is C10H14FN3. The van der Waals surface area contributed by atoms with E-state index in [0.717, 1.165) is 12.1 Å². The van der Waals surface area contributed by atoms with Crippen molar-refractivity contribution in [3.63, 3.8) is 0 Å². The van der Waals surface area contributed by atoms with Gasteiger partial charge in [0.2, 0.25) is 0 Å². The second-order valence-corrected chi connectivity index (χ2v) is 3.90. The normalized spacial score (nSPS) is 18.7. The van der Waals surface area contributed by atoms with Gasteiger partial charge < -0.3 is 5.32 Å². The van der Waals surface area contributed by atoms with E-state index >= 15 is 0 Å². The Morgan fingerprint density at radius 3 is 2.86 bits per heavy atom. The maximum atomic E-state index is 13.6. The summed E-state index contributed by atoms with van der Waals surface area (Å²) in [5, 5.41) is 3.00. The van der Waals surface area contributed by atoms with Crippen molar-refractivity contribution in [2.75, 3.05) is 11.9 Å². The zero-order valence-electron chi connectivity index (χ0n) is 8.26. The molecule has 0 spiro atoms. The molecule has 1 N–H and O–H groups in total. The molecule has 14 heavy (non-hydrogen) atoms. The number of alkyl halides is 1. The maximum absolute atomic E-state index is 13.6. The minimum Gasteiger partial charge on any atom is -0.367 e. The van der Waals surface area contributed by atoms with Crippen LogP contribution < -0.4 is 5.32 Å². The second-order valence-electron chi connectivity index (χ2n) is 3.90. The van der Waals surface area contributed by atoms with Crippen LogP contribution in [-0.2, 0) is 0 Å². The van der Waals surface area contributed by atoms with Crippen molar-refractivity contribution in [3.05, 3.63) is 18.1 Å². The first-order valence-corrected chi connectivity index (χ1v) is 4.89. The minimum absolute atomic E-state index is 0.365. The molecule has 0 amide bonds. The SMILES string of the molecule is Cc1cc(NCC2(F)CCC2)ncn1. The van der Waals surface area contributed by atoms with Crippen molar-refractivity contribution < 1.29 is 4.39 Å². The molecule has 0 unspecified atom stereocenters. The fourth-order valence-corrected chi connectivity index (χ4v) is 1.54. The van der Waals surface area contributed by atoms with Gasteiger partial charge in [-0.2, -0.15) is 0 Å². The fraction of sp³-hybridized carbons (Fsp3) is 0.600. The van der Waals surface area contributed by atoms with Crippen LogP contribution in [0.1, 0.15) is 25.0 Å². The molecule has 0 bridgehead atoms. The van der Waals surface area contributed by atoms with E-state index in [2.05, 4.69) is 15.3 Å². The molecule has 4 heteroatoms. The fourth-order valence-electron chi connectivity index (χ4n) is 1.54. The lowest BCUT2D eigenvalue weighted by molar-refractivity contribution is 0.0783. The van der Waals surface area contributed by atoms with Gasteiger partial charge >= 0.3 is 0 Å². The highest BCUT2D eigenvalue weighted by atomic mass is 19.1.